The molecule has 5 heteroatoms. The van der Waals surface area contributed by atoms with Crippen molar-refractivity contribution >= 4 is 51.2 Å². The zero-order valence-electron chi connectivity index (χ0n) is 9.34. The molecule has 0 unspecified atom stereocenters. The number of rotatable bonds is 4. The van der Waals surface area contributed by atoms with Gasteiger partial charge in [0.2, 0.25) is 0 Å². The van der Waals surface area contributed by atoms with E-state index in [2.05, 4.69) is 39.8 Å². The lowest BCUT2D eigenvalue weighted by atomic mass is 10.3. The van der Waals surface area contributed by atoms with E-state index in [4.69, 9.17) is 11.6 Å². The van der Waals surface area contributed by atoms with Gasteiger partial charge in [0.15, 0.2) is 0 Å². The van der Waals surface area contributed by atoms with Crippen molar-refractivity contribution in [2.24, 2.45) is 0 Å². The first-order valence-corrected chi connectivity index (χ1v) is 7.59. The van der Waals surface area contributed by atoms with Crippen LogP contribution in [0.4, 0.5) is 5.69 Å². The maximum absolute atomic E-state index is 5.92. The van der Waals surface area contributed by atoms with Gasteiger partial charge in [0.25, 0.3) is 0 Å². The average Bonchev–Trinajstić information content (AvgIpc) is 2.76. The molecule has 0 aliphatic carbocycles. The van der Waals surface area contributed by atoms with E-state index < -0.39 is 0 Å². The zero-order valence-corrected chi connectivity index (χ0v) is 13.1. The highest BCUT2D eigenvalue weighted by atomic mass is 127. The number of thiazole rings is 1. The second-order valence-electron chi connectivity index (χ2n) is 3.55. The number of nitrogens with one attached hydrogen (secondary N) is 1. The van der Waals surface area contributed by atoms with Crippen molar-refractivity contribution in [1.29, 1.82) is 0 Å². The Morgan fingerprint density at radius 1 is 1.47 bits per heavy atom. The largest absolute Gasteiger partial charge is 0.379 e. The van der Waals surface area contributed by atoms with Crippen LogP contribution in [0.1, 0.15) is 16.8 Å². The molecular formula is C12H12ClIN2S. The molecule has 0 bridgehead atoms. The second-order valence-corrected chi connectivity index (χ2v) is 6.35. The molecule has 0 saturated heterocycles. The van der Waals surface area contributed by atoms with Crippen molar-refractivity contribution < 1.29 is 0 Å². The Kier molecular flexibility index (Phi) is 4.64. The normalized spacial score (nSPS) is 10.5. The lowest BCUT2D eigenvalue weighted by molar-refractivity contribution is 1.09. The van der Waals surface area contributed by atoms with E-state index in [1.807, 2.05) is 24.4 Å². The summed E-state index contributed by atoms with van der Waals surface area (Å²) in [6.45, 7) is 2.94. The number of benzene rings is 1. The quantitative estimate of drug-likeness (QED) is 0.788. The molecule has 0 spiro atoms. The molecule has 90 valence electrons. The standard InChI is InChI=1S/C12H12ClIN2S/c1-2-12-16-7-9(17-12)6-15-11-4-3-8(13)5-10(11)14/h3-5,7,15H,2,6H2,1H3. The Labute approximate surface area is 124 Å². The smallest absolute Gasteiger partial charge is 0.0925 e. The molecule has 17 heavy (non-hydrogen) atoms. The Morgan fingerprint density at radius 2 is 2.29 bits per heavy atom. The van der Waals surface area contributed by atoms with Crippen molar-refractivity contribution in [3.05, 3.63) is 42.9 Å². The number of halogens is 2. The number of aromatic nitrogens is 1. The molecule has 0 radical (unpaired) electrons. The molecule has 0 atom stereocenters. The van der Waals surface area contributed by atoms with Crippen molar-refractivity contribution in [2.45, 2.75) is 19.9 Å². The van der Waals surface area contributed by atoms with E-state index in [1.165, 1.54) is 9.88 Å². The van der Waals surface area contributed by atoms with E-state index in [0.717, 1.165) is 27.2 Å². The van der Waals surface area contributed by atoms with Crippen LogP contribution in [0.2, 0.25) is 5.02 Å². The van der Waals surface area contributed by atoms with E-state index in [0.29, 0.717) is 0 Å². The van der Waals surface area contributed by atoms with Gasteiger partial charge in [0.05, 0.1) is 11.6 Å². The summed E-state index contributed by atoms with van der Waals surface area (Å²) in [5.74, 6) is 0. The van der Waals surface area contributed by atoms with Crippen LogP contribution in [0.3, 0.4) is 0 Å². The highest BCUT2D eigenvalue weighted by molar-refractivity contribution is 14.1. The topological polar surface area (TPSA) is 24.9 Å². The van der Waals surface area contributed by atoms with Gasteiger partial charge in [0.1, 0.15) is 0 Å². The van der Waals surface area contributed by atoms with Crippen LogP contribution in [-0.2, 0) is 13.0 Å². The minimum Gasteiger partial charge on any atom is -0.379 e. The second kappa shape index (κ2) is 6.02. The lowest BCUT2D eigenvalue weighted by Gasteiger charge is -2.07. The van der Waals surface area contributed by atoms with Gasteiger partial charge in [-0.2, -0.15) is 0 Å². The number of hydrogen-bond acceptors (Lipinski definition) is 3. The van der Waals surface area contributed by atoms with Crippen molar-refractivity contribution in [1.82, 2.24) is 4.98 Å². The molecule has 0 saturated carbocycles. The highest BCUT2D eigenvalue weighted by Gasteiger charge is 2.03. The van der Waals surface area contributed by atoms with Crippen LogP contribution in [-0.4, -0.2) is 4.98 Å². The average molecular weight is 379 g/mol. The first kappa shape index (κ1) is 13.1. The summed E-state index contributed by atoms with van der Waals surface area (Å²) in [6, 6.07) is 5.86. The first-order chi connectivity index (χ1) is 8.19. The van der Waals surface area contributed by atoms with Gasteiger partial charge in [-0.3, -0.25) is 0 Å². The third-order valence-corrected chi connectivity index (χ3v) is 4.56. The van der Waals surface area contributed by atoms with Crippen LogP contribution in [0.25, 0.3) is 0 Å². The molecule has 1 heterocycles. The molecular weight excluding hydrogens is 367 g/mol. The fourth-order valence-corrected chi connectivity index (χ4v) is 3.27. The third-order valence-electron chi connectivity index (χ3n) is 2.29. The van der Waals surface area contributed by atoms with Gasteiger partial charge < -0.3 is 5.32 Å². The van der Waals surface area contributed by atoms with Crippen LogP contribution in [0.15, 0.2) is 24.4 Å². The predicted octanol–water partition coefficient (Wildman–Crippen LogP) is 4.58. The molecule has 2 aromatic rings. The van der Waals surface area contributed by atoms with Crippen molar-refractivity contribution in [3.8, 4) is 0 Å². The molecule has 0 amide bonds. The van der Waals surface area contributed by atoms with Crippen molar-refractivity contribution in [2.75, 3.05) is 5.32 Å². The highest BCUT2D eigenvalue weighted by Crippen LogP contribution is 2.23. The summed E-state index contributed by atoms with van der Waals surface area (Å²) < 4.78 is 1.13. The third kappa shape index (κ3) is 3.56. The Balaban J connectivity index is 2.02. The van der Waals surface area contributed by atoms with Gasteiger partial charge in [-0.15, -0.1) is 11.3 Å². The SMILES string of the molecule is CCc1ncc(CNc2ccc(Cl)cc2I)s1. The number of anilines is 1. The van der Waals surface area contributed by atoms with Crippen LogP contribution in [0, 0.1) is 3.57 Å². The Bertz CT molecular complexity index is 513. The summed E-state index contributed by atoms with van der Waals surface area (Å²) in [5, 5.41) is 5.36. The molecule has 1 aromatic heterocycles. The van der Waals surface area contributed by atoms with Gasteiger partial charge in [-0.25, -0.2) is 4.98 Å². The number of nitrogens with zero attached hydrogens (tertiary/aromatic N) is 1. The molecule has 0 fully saturated rings. The molecule has 2 nitrogen and oxygen atoms in total. The predicted molar refractivity (Wildman–Crippen MR) is 83.0 cm³/mol. The van der Waals surface area contributed by atoms with E-state index in [-0.39, 0.29) is 0 Å². The maximum Gasteiger partial charge on any atom is 0.0925 e. The van der Waals surface area contributed by atoms with E-state index >= 15 is 0 Å². The number of hydrogen-bond donors (Lipinski definition) is 1. The summed E-state index contributed by atoms with van der Waals surface area (Å²) in [7, 11) is 0. The van der Waals surface area contributed by atoms with E-state index in [9.17, 15) is 0 Å². The first-order valence-electron chi connectivity index (χ1n) is 5.31. The zero-order chi connectivity index (χ0) is 12.3. The molecule has 2 rings (SSSR count). The molecule has 1 N–H and O–H groups in total. The molecule has 0 aliphatic rings. The minimum atomic E-state index is 0.769. The number of aryl methyl sites for hydroxylation is 1. The van der Waals surface area contributed by atoms with E-state index in [1.54, 1.807) is 11.3 Å². The van der Waals surface area contributed by atoms with Crippen LogP contribution < -0.4 is 5.32 Å². The Morgan fingerprint density at radius 3 is 2.94 bits per heavy atom. The Hall–Kier alpha value is -0.330. The summed E-state index contributed by atoms with van der Waals surface area (Å²) >= 11 is 9.96. The lowest BCUT2D eigenvalue weighted by Crippen LogP contribution is -1.99. The summed E-state index contributed by atoms with van der Waals surface area (Å²) in [5.41, 5.74) is 1.11. The van der Waals surface area contributed by atoms with Gasteiger partial charge in [0, 0.05) is 25.4 Å². The molecule has 1 aromatic carbocycles. The monoisotopic (exact) mass is 378 g/mol. The van der Waals surface area contributed by atoms with Gasteiger partial charge >= 0.3 is 0 Å². The van der Waals surface area contributed by atoms with Gasteiger partial charge in [-0.1, -0.05) is 18.5 Å². The van der Waals surface area contributed by atoms with Crippen LogP contribution in [0.5, 0.6) is 0 Å². The fourth-order valence-electron chi connectivity index (χ4n) is 1.41. The molecule has 0 aliphatic heterocycles. The summed E-state index contributed by atoms with van der Waals surface area (Å²) in [4.78, 5) is 5.60. The van der Waals surface area contributed by atoms with Crippen LogP contribution >= 0.6 is 45.5 Å². The fraction of sp³-hybridized carbons (Fsp3) is 0.250. The minimum absolute atomic E-state index is 0.769. The summed E-state index contributed by atoms with van der Waals surface area (Å²) in [6.07, 6.45) is 2.95. The van der Waals surface area contributed by atoms with Gasteiger partial charge in [-0.05, 0) is 47.2 Å². The van der Waals surface area contributed by atoms with Crippen molar-refractivity contribution in [3.63, 3.8) is 0 Å². The maximum atomic E-state index is 5.92.